The van der Waals surface area contributed by atoms with E-state index in [1.807, 2.05) is 0 Å². The summed E-state index contributed by atoms with van der Waals surface area (Å²) in [5, 5.41) is 14.9. The molecular formula is C14H17F3N2O3. The summed E-state index contributed by atoms with van der Waals surface area (Å²) in [7, 11) is 0. The maximum atomic E-state index is 13.5. The Morgan fingerprint density at radius 3 is 2.64 bits per heavy atom. The number of nitrogens with one attached hydrogen (secondary N) is 2. The van der Waals surface area contributed by atoms with Crippen LogP contribution in [-0.2, 0) is 0 Å². The van der Waals surface area contributed by atoms with Crippen LogP contribution in [0.4, 0.5) is 23.7 Å². The van der Waals surface area contributed by atoms with Crippen molar-refractivity contribution in [3.63, 3.8) is 0 Å². The van der Waals surface area contributed by atoms with Crippen molar-refractivity contribution in [3.05, 3.63) is 24.0 Å². The number of hydrogen-bond donors (Lipinski definition) is 3. The minimum atomic E-state index is -3.12. The number of aliphatic hydroxyl groups is 1. The normalized spacial score (nSPS) is 16.6. The summed E-state index contributed by atoms with van der Waals surface area (Å²) in [6.45, 7) is -3.02. The van der Waals surface area contributed by atoms with Crippen LogP contribution in [0.5, 0.6) is 5.75 Å². The minimum Gasteiger partial charge on any atom is -0.432 e. The fourth-order valence-corrected chi connectivity index (χ4v) is 2.40. The molecule has 0 spiro atoms. The van der Waals surface area contributed by atoms with Gasteiger partial charge in [-0.25, -0.2) is 9.18 Å². The lowest BCUT2D eigenvalue weighted by Crippen LogP contribution is -2.42. The van der Waals surface area contributed by atoms with Gasteiger partial charge < -0.3 is 20.5 Å². The van der Waals surface area contributed by atoms with Crippen molar-refractivity contribution in [3.8, 4) is 5.75 Å². The van der Waals surface area contributed by atoms with E-state index in [1.165, 1.54) is 6.07 Å². The first-order valence-electron chi connectivity index (χ1n) is 6.90. The Labute approximate surface area is 125 Å². The largest absolute Gasteiger partial charge is 0.432 e. The summed E-state index contributed by atoms with van der Waals surface area (Å²) in [6.07, 6.45) is 3.08. The average molecular weight is 318 g/mol. The molecule has 1 aromatic carbocycles. The van der Waals surface area contributed by atoms with Crippen molar-refractivity contribution in [2.75, 3.05) is 11.9 Å². The van der Waals surface area contributed by atoms with Gasteiger partial charge in [0.15, 0.2) is 11.6 Å². The summed E-state index contributed by atoms with van der Waals surface area (Å²) >= 11 is 0. The van der Waals surface area contributed by atoms with Crippen molar-refractivity contribution < 1.29 is 27.8 Å². The van der Waals surface area contributed by atoms with E-state index >= 15 is 0 Å². The van der Waals surface area contributed by atoms with Gasteiger partial charge in [-0.15, -0.1) is 0 Å². The van der Waals surface area contributed by atoms with Crippen LogP contribution < -0.4 is 15.4 Å². The van der Waals surface area contributed by atoms with E-state index in [-0.39, 0.29) is 12.2 Å². The summed E-state index contributed by atoms with van der Waals surface area (Å²) in [4.78, 5) is 11.7. The van der Waals surface area contributed by atoms with Gasteiger partial charge in [0.1, 0.15) is 0 Å². The predicted molar refractivity (Wildman–Crippen MR) is 73.5 cm³/mol. The number of alkyl halides is 2. The van der Waals surface area contributed by atoms with Crippen molar-refractivity contribution >= 4 is 11.7 Å². The van der Waals surface area contributed by atoms with E-state index in [0.717, 1.165) is 25.0 Å². The molecule has 1 saturated carbocycles. The Morgan fingerprint density at radius 2 is 2.05 bits per heavy atom. The molecule has 8 heteroatoms. The maximum Gasteiger partial charge on any atom is 0.387 e. The van der Waals surface area contributed by atoms with Crippen molar-refractivity contribution in [2.24, 2.45) is 0 Å². The lowest BCUT2D eigenvalue weighted by atomic mass is 10.0. The van der Waals surface area contributed by atoms with Crippen molar-refractivity contribution in [2.45, 2.75) is 37.9 Å². The number of rotatable bonds is 5. The number of halogens is 3. The molecule has 0 bridgehead atoms. The molecule has 22 heavy (non-hydrogen) atoms. The first-order valence-corrected chi connectivity index (χ1v) is 6.90. The smallest absolute Gasteiger partial charge is 0.387 e. The lowest BCUT2D eigenvalue weighted by molar-refractivity contribution is -0.0521. The van der Waals surface area contributed by atoms with Crippen LogP contribution in [0.3, 0.4) is 0 Å². The van der Waals surface area contributed by atoms with Gasteiger partial charge in [-0.2, -0.15) is 8.78 Å². The Morgan fingerprint density at radius 1 is 1.36 bits per heavy atom. The Balaban J connectivity index is 1.87. The molecule has 0 aliphatic heterocycles. The fourth-order valence-electron chi connectivity index (χ4n) is 2.40. The fraction of sp³-hybridized carbons (Fsp3) is 0.500. The molecular weight excluding hydrogens is 301 g/mol. The number of amides is 2. The van der Waals surface area contributed by atoms with Crippen LogP contribution in [0, 0.1) is 5.82 Å². The minimum absolute atomic E-state index is 0.0926. The summed E-state index contributed by atoms with van der Waals surface area (Å²) in [5.41, 5.74) is -0.799. The van der Waals surface area contributed by atoms with Crippen LogP contribution in [-0.4, -0.2) is 29.9 Å². The second-order valence-corrected chi connectivity index (χ2v) is 5.26. The first kappa shape index (κ1) is 16.4. The van der Waals surface area contributed by atoms with Gasteiger partial charge >= 0.3 is 12.6 Å². The van der Waals surface area contributed by atoms with Gasteiger partial charge in [-0.1, -0.05) is 12.8 Å². The molecule has 122 valence electrons. The molecule has 0 aromatic heterocycles. The van der Waals surface area contributed by atoms with Gasteiger partial charge in [0, 0.05) is 18.3 Å². The Hall–Kier alpha value is -1.96. The third-order valence-electron chi connectivity index (χ3n) is 3.52. The van der Waals surface area contributed by atoms with Crippen LogP contribution in [0.2, 0.25) is 0 Å². The van der Waals surface area contributed by atoms with E-state index < -0.39 is 29.8 Å². The van der Waals surface area contributed by atoms with Gasteiger partial charge in [-0.05, 0) is 25.0 Å². The maximum absolute atomic E-state index is 13.5. The van der Waals surface area contributed by atoms with Gasteiger partial charge in [-0.3, -0.25) is 0 Å². The average Bonchev–Trinajstić information content (AvgIpc) is 2.87. The van der Waals surface area contributed by atoms with Crippen LogP contribution in [0.15, 0.2) is 18.2 Å². The van der Waals surface area contributed by atoms with Gasteiger partial charge in [0.2, 0.25) is 0 Å². The van der Waals surface area contributed by atoms with Crippen LogP contribution in [0.1, 0.15) is 25.7 Å². The Bertz CT molecular complexity index is 534. The summed E-state index contributed by atoms with van der Waals surface area (Å²) < 4.78 is 41.5. The number of urea groups is 1. The highest BCUT2D eigenvalue weighted by molar-refractivity contribution is 5.89. The van der Waals surface area contributed by atoms with Crippen LogP contribution in [0.25, 0.3) is 0 Å². The highest BCUT2D eigenvalue weighted by Crippen LogP contribution is 2.28. The molecule has 1 fully saturated rings. The van der Waals surface area contributed by atoms with Crippen molar-refractivity contribution in [1.82, 2.24) is 5.32 Å². The van der Waals surface area contributed by atoms with E-state index in [4.69, 9.17) is 0 Å². The molecule has 2 amide bonds. The third-order valence-corrected chi connectivity index (χ3v) is 3.52. The number of anilines is 1. The number of hydrogen-bond acceptors (Lipinski definition) is 3. The summed E-state index contributed by atoms with van der Waals surface area (Å²) in [5.74, 6) is -1.60. The highest BCUT2D eigenvalue weighted by Gasteiger charge is 2.31. The zero-order valence-electron chi connectivity index (χ0n) is 11.7. The first-order chi connectivity index (χ1) is 10.4. The second kappa shape index (κ2) is 6.87. The van der Waals surface area contributed by atoms with Gasteiger partial charge in [0.25, 0.3) is 0 Å². The molecule has 1 aliphatic rings. The van der Waals surface area contributed by atoms with E-state index in [0.29, 0.717) is 12.8 Å². The molecule has 3 N–H and O–H groups in total. The van der Waals surface area contributed by atoms with E-state index in [2.05, 4.69) is 15.4 Å². The topological polar surface area (TPSA) is 70.6 Å². The monoisotopic (exact) mass is 318 g/mol. The standard InChI is InChI=1S/C14H17F3N2O3/c15-10-7-9(3-4-11(10)22-12(16)17)19-13(20)18-8-14(21)5-1-2-6-14/h3-4,7,12,21H,1-2,5-6,8H2,(H2,18,19,20). The third kappa shape index (κ3) is 4.52. The molecule has 5 nitrogen and oxygen atoms in total. The highest BCUT2D eigenvalue weighted by atomic mass is 19.3. The SMILES string of the molecule is O=C(NCC1(O)CCCC1)Nc1ccc(OC(F)F)c(F)c1. The number of carbonyl (C=O) groups excluding carboxylic acids is 1. The van der Waals surface area contributed by atoms with E-state index in [1.54, 1.807) is 0 Å². The molecule has 0 radical (unpaired) electrons. The zero-order valence-corrected chi connectivity index (χ0v) is 11.7. The molecule has 0 unspecified atom stereocenters. The van der Waals surface area contributed by atoms with Crippen LogP contribution >= 0.6 is 0 Å². The van der Waals surface area contributed by atoms with Gasteiger partial charge in [0.05, 0.1) is 5.60 Å². The number of benzene rings is 1. The molecule has 0 heterocycles. The molecule has 2 rings (SSSR count). The second-order valence-electron chi connectivity index (χ2n) is 5.26. The van der Waals surface area contributed by atoms with E-state index in [9.17, 15) is 23.1 Å². The van der Waals surface area contributed by atoms with Crippen molar-refractivity contribution in [1.29, 1.82) is 0 Å². The molecule has 1 aromatic rings. The number of carbonyl (C=O) groups is 1. The zero-order chi connectivity index (χ0) is 16.2. The lowest BCUT2D eigenvalue weighted by Gasteiger charge is -2.22. The predicted octanol–water partition coefficient (Wildman–Crippen LogP) is 2.85. The number of ether oxygens (including phenoxy) is 1. The molecule has 1 aliphatic carbocycles. The molecule has 0 atom stereocenters. The quantitative estimate of drug-likeness (QED) is 0.782. The Kier molecular flexibility index (Phi) is 5.12. The molecule has 0 saturated heterocycles. The summed E-state index contributed by atoms with van der Waals surface area (Å²) in [6, 6.07) is 2.51.